The number of halogens is 2. The Labute approximate surface area is 116 Å². The lowest BCUT2D eigenvalue weighted by molar-refractivity contribution is 0.241. The summed E-state index contributed by atoms with van der Waals surface area (Å²) >= 11 is 3.38. The largest absolute Gasteiger partial charge is 0.371 e. The summed E-state index contributed by atoms with van der Waals surface area (Å²) in [7, 11) is 4.05. The number of nitrogens with one attached hydrogen (secondary N) is 1. The first-order valence-corrected chi connectivity index (χ1v) is 6.93. The molecule has 0 radical (unpaired) electrons. The molecule has 18 heavy (non-hydrogen) atoms. The molecule has 0 aromatic heterocycles. The first kappa shape index (κ1) is 13.8. The van der Waals surface area contributed by atoms with E-state index in [9.17, 15) is 4.39 Å². The maximum atomic E-state index is 13.8. The molecule has 0 saturated carbocycles. The Morgan fingerprint density at radius 1 is 1.56 bits per heavy atom. The minimum absolute atomic E-state index is 0.176. The van der Waals surface area contributed by atoms with Crippen LogP contribution in [-0.2, 0) is 0 Å². The van der Waals surface area contributed by atoms with E-state index in [1.165, 1.54) is 6.07 Å². The van der Waals surface area contributed by atoms with Crippen LogP contribution >= 0.6 is 15.9 Å². The van der Waals surface area contributed by atoms with Crippen LogP contribution in [0.15, 0.2) is 22.7 Å². The van der Waals surface area contributed by atoms with Gasteiger partial charge in [0.1, 0.15) is 5.82 Å². The quantitative estimate of drug-likeness (QED) is 0.919. The summed E-state index contributed by atoms with van der Waals surface area (Å²) in [6, 6.07) is 5.42. The number of piperazine rings is 1. The van der Waals surface area contributed by atoms with E-state index in [0.29, 0.717) is 11.7 Å². The highest BCUT2D eigenvalue weighted by Crippen LogP contribution is 2.23. The minimum atomic E-state index is -0.176. The Bertz CT molecular complexity index is 413. The summed E-state index contributed by atoms with van der Waals surface area (Å²) in [4.78, 5) is 4.27. The van der Waals surface area contributed by atoms with Crippen LogP contribution in [0.5, 0.6) is 0 Å². The molecular formula is C13H19BrFN3. The summed E-state index contributed by atoms with van der Waals surface area (Å²) in [5, 5.41) is 3.47. The van der Waals surface area contributed by atoms with Crippen LogP contribution < -0.4 is 10.2 Å². The van der Waals surface area contributed by atoms with E-state index in [0.717, 1.165) is 30.7 Å². The Morgan fingerprint density at radius 3 is 3.06 bits per heavy atom. The van der Waals surface area contributed by atoms with Crippen molar-refractivity contribution in [1.29, 1.82) is 0 Å². The number of hydrogen-bond donors (Lipinski definition) is 1. The Kier molecular flexibility index (Phi) is 4.59. The van der Waals surface area contributed by atoms with Crippen molar-refractivity contribution in [2.45, 2.75) is 6.04 Å². The molecule has 1 N–H and O–H groups in total. The minimum Gasteiger partial charge on any atom is -0.371 e. The van der Waals surface area contributed by atoms with Crippen molar-refractivity contribution in [2.75, 3.05) is 45.2 Å². The van der Waals surface area contributed by atoms with Crippen LogP contribution in [-0.4, -0.2) is 51.2 Å². The number of benzene rings is 1. The van der Waals surface area contributed by atoms with Gasteiger partial charge in [-0.25, -0.2) is 4.39 Å². The molecule has 100 valence electrons. The van der Waals surface area contributed by atoms with Gasteiger partial charge in [-0.2, -0.15) is 0 Å². The standard InChI is InChI=1S/C13H19BrFN3/c1-17-6-5-16-11(8-17)9-18(2)13-7-10(14)3-4-12(13)15/h3-4,7,11,16H,5-6,8-9H2,1-2H3. The maximum Gasteiger partial charge on any atom is 0.146 e. The van der Waals surface area contributed by atoms with E-state index >= 15 is 0 Å². The van der Waals surface area contributed by atoms with Crippen molar-refractivity contribution in [3.63, 3.8) is 0 Å². The van der Waals surface area contributed by atoms with Crippen LogP contribution in [0.3, 0.4) is 0 Å². The number of anilines is 1. The monoisotopic (exact) mass is 315 g/mol. The second-order valence-corrected chi connectivity index (χ2v) is 5.81. The molecule has 1 aromatic carbocycles. The van der Waals surface area contributed by atoms with E-state index in [-0.39, 0.29) is 5.82 Å². The zero-order valence-corrected chi connectivity index (χ0v) is 12.4. The second kappa shape index (κ2) is 5.99. The van der Waals surface area contributed by atoms with Gasteiger partial charge >= 0.3 is 0 Å². The maximum absolute atomic E-state index is 13.8. The molecule has 1 saturated heterocycles. The normalized spacial score (nSPS) is 21.0. The molecule has 1 aliphatic rings. The zero-order valence-electron chi connectivity index (χ0n) is 10.8. The number of likely N-dealkylation sites (N-methyl/N-ethyl adjacent to an activating group) is 2. The highest BCUT2D eigenvalue weighted by molar-refractivity contribution is 9.10. The van der Waals surface area contributed by atoms with E-state index in [1.807, 2.05) is 18.0 Å². The molecule has 5 heteroatoms. The molecule has 0 amide bonds. The van der Waals surface area contributed by atoms with Crippen LogP contribution in [0, 0.1) is 5.82 Å². The van der Waals surface area contributed by atoms with Crippen molar-refractivity contribution in [3.05, 3.63) is 28.5 Å². The topological polar surface area (TPSA) is 18.5 Å². The molecule has 1 fully saturated rings. The van der Waals surface area contributed by atoms with Crippen LogP contribution in [0.25, 0.3) is 0 Å². The van der Waals surface area contributed by atoms with Crippen LogP contribution in [0.2, 0.25) is 0 Å². The number of nitrogens with zero attached hydrogens (tertiary/aromatic N) is 2. The fourth-order valence-electron chi connectivity index (χ4n) is 2.32. The van der Waals surface area contributed by atoms with Gasteiger partial charge in [-0.15, -0.1) is 0 Å². The Balaban J connectivity index is 2.02. The van der Waals surface area contributed by atoms with Gasteiger partial charge in [0.05, 0.1) is 5.69 Å². The summed E-state index contributed by atoms with van der Waals surface area (Å²) < 4.78 is 14.7. The van der Waals surface area contributed by atoms with Gasteiger partial charge in [-0.3, -0.25) is 0 Å². The third-order valence-electron chi connectivity index (χ3n) is 3.27. The number of rotatable bonds is 3. The Morgan fingerprint density at radius 2 is 2.33 bits per heavy atom. The molecule has 2 rings (SSSR count). The summed E-state index contributed by atoms with van der Waals surface area (Å²) in [6.45, 7) is 3.87. The van der Waals surface area contributed by atoms with Gasteiger partial charge in [0, 0.05) is 43.7 Å². The summed E-state index contributed by atoms with van der Waals surface area (Å²) in [6.07, 6.45) is 0. The van der Waals surface area contributed by atoms with Crippen molar-refractivity contribution in [2.24, 2.45) is 0 Å². The smallest absolute Gasteiger partial charge is 0.146 e. The van der Waals surface area contributed by atoms with E-state index < -0.39 is 0 Å². The highest BCUT2D eigenvalue weighted by Gasteiger charge is 2.19. The molecule has 0 spiro atoms. The van der Waals surface area contributed by atoms with Gasteiger partial charge in [-0.05, 0) is 25.2 Å². The van der Waals surface area contributed by atoms with Crippen molar-refractivity contribution in [1.82, 2.24) is 10.2 Å². The third-order valence-corrected chi connectivity index (χ3v) is 3.77. The summed E-state index contributed by atoms with van der Waals surface area (Å²) in [5.41, 5.74) is 0.638. The molecule has 0 bridgehead atoms. The second-order valence-electron chi connectivity index (χ2n) is 4.89. The predicted molar refractivity (Wildman–Crippen MR) is 76.7 cm³/mol. The van der Waals surface area contributed by atoms with Crippen molar-refractivity contribution < 1.29 is 4.39 Å². The highest BCUT2D eigenvalue weighted by atomic mass is 79.9. The molecule has 1 unspecified atom stereocenters. The predicted octanol–water partition coefficient (Wildman–Crippen LogP) is 1.93. The molecule has 1 heterocycles. The van der Waals surface area contributed by atoms with Crippen LogP contribution in [0.4, 0.5) is 10.1 Å². The fraction of sp³-hybridized carbons (Fsp3) is 0.538. The van der Waals surface area contributed by atoms with Gasteiger partial charge in [0.25, 0.3) is 0 Å². The molecule has 1 aromatic rings. The van der Waals surface area contributed by atoms with Gasteiger partial charge in [0.2, 0.25) is 0 Å². The number of hydrogen-bond acceptors (Lipinski definition) is 3. The van der Waals surface area contributed by atoms with E-state index in [4.69, 9.17) is 0 Å². The van der Waals surface area contributed by atoms with E-state index in [1.54, 1.807) is 6.07 Å². The molecule has 1 atom stereocenters. The lowest BCUT2D eigenvalue weighted by Crippen LogP contribution is -2.53. The first-order chi connectivity index (χ1) is 8.56. The lowest BCUT2D eigenvalue weighted by atomic mass is 10.2. The van der Waals surface area contributed by atoms with Crippen molar-refractivity contribution in [3.8, 4) is 0 Å². The Hall–Kier alpha value is -0.650. The zero-order chi connectivity index (χ0) is 13.1. The SMILES string of the molecule is CN1CCNC(CN(C)c2cc(Br)ccc2F)C1. The van der Waals surface area contributed by atoms with Gasteiger partial charge in [-0.1, -0.05) is 15.9 Å². The van der Waals surface area contributed by atoms with Crippen molar-refractivity contribution >= 4 is 21.6 Å². The molecule has 3 nitrogen and oxygen atoms in total. The van der Waals surface area contributed by atoms with Gasteiger partial charge in [0.15, 0.2) is 0 Å². The van der Waals surface area contributed by atoms with Gasteiger partial charge < -0.3 is 15.1 Å². The van der Waals surface area contributed by atoms with E-state index in [2.05, 4.69) is 33.2 Å². The summed E-state index contributed by atoms with van der Waals surface area (Å²) in [5.74, 6) is -0.176. The first-order valence-electron chi connectivity index (χ1n) is 6.14. The van der Waals surface area contributed by atoms with Crippen LogP contribution in [0.1, 0.15) is 0 Å². The average molecular weight is 316 g/mol. The molecular weight excluding hydrogens is 297 g/mol. The fourth-order valence-corrected chi connectivity index (χ4v) is 2.67. The third kappa shape index (κ3) is 3.43. The molecule has 1 aliphatic heterocycles. The average Bonchev–Trinajstić information content (AvgIpc) is 2.32. The molecule has 0 aliphatic carbocycles. The lowest BCUT2D eigenvalue weighted by Gasteiger charge is -2.34.